The van der Waals surface area contributed by atoms with Gasteiger partial charge in [0.1, 0.15) is 11.7 Å². The summed E-state index contributed by atoms with van der Waals surface area (Å²) in [4.78, 5) is 12.7. The normalized spacial score (nSPS) is 28.4. The molecule has 0 spiro atoms. The Morgan fingerprint density at radius 2 is 2.10 bits per heavy atom. The average molecular weight is 269 g/mol. The maximum absolute atomic E-state index is 12.7. The van der Waals surface area contributed by atoms with E-state index in [0.29, 0.717) is 17.6 Å². The highest BCUT2D eigenvalue weighted by molar-refractivity contribution is 5.93. The van der Waals surface area contributed by atoms with Crippen LogP contribution in [0.4, 0.5) is 0 Å². The lowest BCUT2D eigenvalue weighted by Gasteiger charge is -2.14. The van der Waals surface area contributed by atoms with Crippen LogP contribution >= 0.6 is 0 Å². The highest BCUT2D eigenvalue weighted by atomic mass is 16.5. The van der Waals surface area contributed by atoms with Gasteiger partial charge < -0.3 is 4.74 Å². The Balaban J connectivity index is 1.89. The fraction of sp³-hybridized carbons (Fsp3) is 0.529. The van der Waals surface area contributed by atoms with Crippen molar-refractivity contribution >= 4 is 5.78 Å². The summed E-state index contributed by atoms with van der Waals surface area (Å²) >= 11 is 0. The number of ketones is 1. The second-order valence-corrected chi connectivity index (χ2v) is 5.99. The average Bonchev–Trinajstić information content (AvgIpc) is 2.93. The fourth-order valence-electron chi connectivity index (χ4n) is 3.80. The van der Waals surface area contributed by atoms with Gasteiger partial charge in [-0.2, -0.15) is 5.26 Å². The molecule has 0 radical (unpaired) electrons. The molecule has 0 aliphatic heterocycles. The molecule has 3 heteroatoms. The molecule has 2 aliphatic rings. The minimum atomic E-state index is -0.680. The monoisotopic (exact) mass is 269 g/mol. The van der Waals surface area contributed by atoms with Crippen molar-refractivity contribution in [2.24, 2.45) is 17.8 Å². The molecule has 2 saturated carbocycles. The van der Waals surface area contributed by atoms with Gasteiger partial charge >= 0.3 is 0 Å². The number of aryl methyl sites for hydroxylation is 1. The minimum absolute atomic E-state index is 0.103. The van der Waals surface area contributed by atoms with E-state index in [1.165, 1.54) is 6.42 Å². The fourth-order valence-corrected chi connectivity index (χ4v) is 3.80. The zero-order valence-electron chi connectivity index (χ0n) is 11.9. The number of hydrogen-bond donors (Lipinski definition) is 0. The second kappa shape index (κ2) is 4.94. The van der Waals surface area contributed by atoms with Crippen LogP contribution in [0.25, 0.3) is 0 Å². The molecule has 3 nitrogen and oxygen atoms in total. The molecule has 3 unspecified atom stereocenters. The Labute approximate surface area is 119 Å². The van der Waals surface area contributed by atoms with Crippen LogP contribution in [0.1, 0.15) is 36.3 Å². The molecule has 0 aromatic heterocycles. The molecular weight excluding hydrogens is 250 g/mol. The largest absolute Gasteiger partial charge is 0.496 e. The summed E-state index contributed by atoms with van der Waals surface area (Å²) in [5.74, 6) is 1.29. The number of fused-ring (bicyclic) bond motifs is 1. The number of carbonyl (C=O) groups excluding carboxylic acids is 1. The number of Topliss-reactive ketones (excluding diaryl/α,β-unsaturated/α-hetero) is 1. The first-order valence-corrected chi connectivity index (χ1v) is 7.25. The lowest BCUT2D eigenvalue weighted by Crippen LogP contribution is -2.16. The highest BCUT2D eigenvalue weighted by Crippen LogP contribution is 2.59. The Hall–Kier alpha value is -1.82. The van der Waals surface area contributed by atoms with E-state index in [9.17, 15) is 10.1 Å². The SMILES string of the molecule is COc1ccc(C)cc1C(C#N)C(=O)C1C2CCCC21. The third-order valence-corrected chi connectivity index (χ3v) is 4.84. The number of ether oxygens (including phenoxy) is 1. The summed E-state index contributed by atoms with van der Waals surface area (Å²) in [6.45, 7) is 1.97. The van der Waals surface area contributed by atoms with E-state index >= 15 is 0 Å². The molecule has 104 valence electrons. The van der Waals surface area contributed by atoms with E-state index in [1.54, 1.807) is 7.11 Å². The van der Waals surface area contributed by atoms with E-state index in [2.05, 4.69) is 6.07 Å². The number of rotatable bonds is 4. The molecule has 2 fully saturated rings. The smallest absolute Gasteiger partial charge is 0.158 e. The summed E-state index contributed by atoms with van der Waals surface area (Å²) in [5, 5.41) is 9.47. The molecule has 1 aromatic carbocycles. The van der Waals surface area contributed by atoms with Crippen molar-refractivity contribution in [3.8, 4) is 11.8 Å². The van der Waals surface area contributed by atoms with Crippen LogP contribution in [0.3, 0.4) is 0 Å². The van der Waals surface area contributed by atoms with Gasteiger partial charge in [-0.3, -0.25) is 4.79 Å². The van der Waals surface area contributed by atoms with Gasteiger partial charge in [0.25, 0.3) is 0 Å². The minimum Gasteiger partial charge on any atom is -0.496 e. The zero-order chi connectivity index (χ0) is 14.3. The summed E-state index contributed by atoms with van der Waals surface area (Å²) in [6, 6.07) is 7.89. The van der Waals surface area contributed by atoms with E-state index in [4.69, 9.17) is 4.74 Å². The van der Waals surface area contributed by atoms with E-state index in [-0.39, 0.29) is 11.7 Å². The number of carbonyl (C=O) groups is 1. The van der Waals surface area contributed by atoms with Crippen LogP contribution in [-0.4, -0.2) is 12.9 Å². The lowest BCUT2D eigenvalue weighted by atomic mass is 9.89. The Kier molecular flexibility index (Phi) is 3.25. The predicted octanol–water partition coefficient (Wildman–Crippen LogP) is 3.23. The highest BCUT2D eigenvalue weighted by Gasteiger charge is 2.57. The van der Waals surface area contributed by atoms with Crippen LogP contribution in [0.2, 0.25) is 0 Å². The summed E-state index contributed by atoms with van der Waals surface area (Å²) in [7, 11) is 1.58. The topological polar surface area (TPSA) is 50.1 Å². The molecule has 0 N–H and O–H groups in total. The Bertz CT molecular complexity index is 577. The van der Waals surface area contributed by atoms with Gasteiger partial charge in [0.15, 0.2) is 5.78 Å². The van der Waals surface area contributed by atoms with Crippen LogP contribution in [0.15, 0.2) is 18.2 Å². The van der Waals surface area contributed by atoms with Crippen molar-refractivity contribution in [3.63, 3.8) is 0 Å². The van der Waals surface area contributed by atoms with Crippen LogP contribution in [0.5, 0.6) is 5.75 Å². The van der Waals surface area contributed by atoms with Gasteiger partial charge in [0.2, 0.25) is 0 Å². The number of benzene rings is 1. The van der Waals surface area contributed by atoms with Gasteiger partial charge in [0, 0.05) is 11.5 Å². The van der Waals surface area contributed by atoms with E-state index in [0.717, 1.165) is 24.0 Å². The van der Waals surface area contributed by atoms with E-state index < -0.39 is 5.92 Å². The zero-order valence-corrected chi connectivity index (χ0v) is 11.9. The van der Waals surface area contributed by atoms with Gasteiger partial charge in [-0.15, -0.1) is 0 Å². The van der Waals surface area contributed by atoms with Gasteiger partial charge in [-0.05, 0) is 37.7 Å². The molecule has 2 aliphatic carbocycles. The molecule has 0 saturated heterocycles. The molecule has 0 heterocycles. The van der Waals surface area contributed by atoms with Crippen molar-refractivity contribution in [1.29, 1.82) is 5.26 Å². The van der Waals surface area contributed by atoms with Gasteiger partial charge in [-0.25, -0.2) is 0 Å². The second-order valence-electron chi connectivity index (χ2n) is 5.99. The van der Waals surface area contributed by atoms with Crippen LogP contribution in [0, 0.1) is 36.0 Å². The van der Waals surface area contributed by atoms with Crippen molar-refractivity contribution in [1.82, 2.24) is 0 Å². The van der Waals surface area contributed by atoms with Crippen LogP contribution < -0.4 is 4.74 Å². The molecule has 3 rings (SSSR count). The van der Waals surface area contributed by atoms with E-state index in [1.807, 2.05) is 25.1 Å². The van der Waals surface area contributed by atoms with Crippen molar-refractivity contribution in [2.75, 3.05) is 7.11 Å². The first kappa shape index (κ1) is 13.2. The molecule has 0 bridgehead atoms. The summed E-state index contributed by atoms with van der Waals surface area (Å²) < 4.78 is 5.32. The first-order valence-electron chi connectivity index (χ1n) is 7.25. The van der Waals surface area contributed by atoms with Crippen molar-refractivity contribution in [2.45, 2.75) is 32.1 Å². The molecule has 20 heavy (non-hydrogen) atoms. The molecule has 1 aromatic rings. The molecular formula is C17H19NO2. The van der Waals surface area contributed by atoms with Crippen LogP contribution in [-0.2, 0) is 4.79 Å². The molecule has 0 amide bonds. The third-order valence-electron chi connectivity index (χ3n) is 4.84. The van der Waals surface area contributed by atoms with Crippen molar-refractivity contribution < 1.29 is 9.53 Å². The quantitative estimate of drug-likeness (QED) is 0.843. The summed E-state index contributed by atoms with van der Waals surface area (Å²) in [6.07, 6.45) is 3.55. The maximum Gasteiger partial charge on any atom is 0.158 e. The van der Waals surface area contributed by atoms with Gasteiger partial charge in [-0.1, -0.05) is 24.1 Å². The lowest BCUT2D eigenvalue weighted by molar-refractivity contribution is -0.121. The standard InChI is InChI=1S/C17H19NO2/c1-10-6-7-15(20-2)13(8-10)14(9-18)17(19)16-11-4-3-5-12(11)16/h6-8,11-12,14,16H,3-5H2,1-2H3. The number of methoxy groups -OCH3 is 1. The first-order chi connectivity index (χ1) is 9.67. The number of nitriles is 1. The Morgan fingerprint density at radius 3 is 2.70 bits per heavy atom. The third kappa shape index (κ3) is 2.00. The van der Waals surface area contributed by atoms with Crippen molar-refractivity contribution in [3.05, 3.63) is 29.3 Å². The maximum atomic E-state index is 12.7. The molecule has 3 atom stereocenters. The number of nitrogens with zero attached hydrogens (tertiary/aromatic N) is 1. The number of hydrogen-bond acceptors (Lipinski definition) is 3. The predicted molar refractivity (Wildman–Crippen MR) is 75.4 cm³/mol. The Morgan fingerprint density at radius 1 is 1.40 bits per heavy atom. The summed E-state index contributed by atoms with van der Waals surface area (Å²) in [5.41, 5.74) is 1.77. The van der Waals surface area contributed by atoms with Gasteiger partial charge in [0.05, 0.1) is 13.2 Å².